The van der Waals surface area contributed by atoms with E-state index in [1.807, 2.05) is 60.7 Å². The number of para-hydroxylation sites is 4. The fraction of sp³-hybridized carbons (Fsp3) is 0. The lowest BCUT2D eigenvalue weighted by molar-refractivity contribution is 0.666. The van der Waals surface area contributed by atoms with Crippen molar-refractivity contribution in [3.8, 4) is 16.8 Å². The van der Waals surface area contributed by atoms with Gasteiger partial charge in [-0.25, -0.2) is 0 Å². The van der Waals surface area contributed by atoms with Gasteiger partial charge in [0, 0.05) is 32.3 Å². The van der Waals surface area contributed by atoms with Crippen LogP contribution in [0.15, 0.2) is 136 Å². The van der Waals surface area contributed by atoms with E-state index in [4.69, 9.17) is 19.8 Å². The zero-order valence-corrected chi connectivity index (χ0v) is 20.3. The smallest absolute Gasteiger partial charge is 0.159 e. The molecule has 0 saturated carbocycles. The minimum Gasteiger partial charge on any atom is -0.456 e. The van der Waals surface area contributed by atoms with Crippen LogP contribution >= 0.6 is 0 Å². The SMILES string of the molecule is [2H]c1c([2H])c([2H])c2c(c1[2H])c1c([2H])c([2H])c([2H])c([2H])c1n2-c1cccc2c1oc1ccc(-c3ccc4oc5ccccc5c4c3)cc12. The van der Waals surface area contributed by atoms with Gasteiger partial charge in [-0.05, 0) is 59.6 Å². The van der Waals surface area contributed by atoms with Crippen LogP contribution in [0.5, 0.6) is 0 Å². The number of fused-ring (bicyclic) bond motifs is 9. The standard InChI is InChI=1S/C36H21NO2/c1-4-12-30-24(8-1)25-9-2-5-13-31(25)37(30)32-14-7-11-27-29-21-23(17-19-35(29)39-36(27)32)22-16-18-34-28(20-22)26-10-3-6-15-33(26)38-34/h1-21H/i1D,2D,4D,5D,8D,9D,12D,13D. The highest BCUT2D eigenvalue weighted by Crippen LogP contribution is 2.39. The molecule has 0 aliphatic heterocycles. The summed E-state index contributed by atoms with van der Waals surface area (Å²) in [5.74, 6) is 0. The van der Waals surface area contributed by atoms with Crippen LogP contribution in [0.1, 0.15) is 11.0 Å². The molecule has 0 bridgehead atoms. The molecular formula is C36H21NO2. The molecule has 0 radical (unpaired) electrons. The molecule has 0 spiro atoms. The molecule has 3 aromatic heterocycles. The van der Waals surface area contributed by atoms with Gasteiger partial charge < -0.3 is 13.4 Å². The second kappa shape index (κ2) is 7.62. The third kappa shape index (κ3) is 2.87. The van der Waals surface area contributed by atoms with Crippen LogP contribution in [0.25, 0.3) is 82.5 Å². The summed E-state index contributed by atoms with van der Waals surface area (Å²) in [5.41, 5.74) is 5.06. The summed E-state index contributed by atoms with van der Waals surface area (Å²) in [5, 5.41) is 3.65. The Morgan fingerprint density at radius 3 is 1.82 bits per heavy atom. The van der Waals surface area contributed by atoms with Gasteiger partial charge in [-0.15, -0.1) is 0 Å². The van der Waals surface area contributed by atoms with Gasteiger partial charge in [0.2, 0.25) is 0 Å². The molecule has 9 aromatic rings. The van der Waals surface area contributed by atoms with Gasteiger partial charge in [-0.2, -0.15) is 0 Å². The van der Waals surface area contributed by atoms with Crippen molar-refractivity contribution >= 4 is 65.7 Å². The summed E-state index contributed by atoms with van der Waals surface area (Å²) < 4.78 is 82.6. The summed E-state index contributed by atoms with van der Waals surface area (Å²) in [4.78, 5) is 0. The van der Waals surface area contributed by atoms with Crippen LogP contribution in [0.2, 0.25) is 0 Å². The molecule has 3 heteroatoms. The predicted molar refractivity (Wildman–Crippen MR) is 161 cm³/mol. The van der Waals surface area contributed by atoms with Crippen LogP contribution in [0.4, 0.5) is 0 Å². The average Bonchev–Trinajstić information content (AvgIpc) is 3.77. The summed E-state index contributed by atoms with van der Waals surface area (Å²) in [7, 11) is 0. The van der Waals surface area contributed by atoms with E-state index in [-0.39, 0.29) is 46.0 Å². The average molecular weight is 508 g/mol. The van der Waals surface area contributed by atoms with Gasteiger partial charge in [-0.3, -0.25) is 0 Å². The Hall–Kier alpha value is -5.28. The van der Waals surface area contributed by atoms with Crippen molar-refractivity contribution < 1.29 is 19.8 Å². The molecule has 3 nitrogen and oxygen atoms in total. The van der Waals surface area contributed by atoms with Crippen molar-refractivity contribution in [1.82, 2.24) is 4.57 Å². The van der Waals surface area contributed by atoms with E-state index in [9.17, 15) is 0 Å². The van der Waals surface area contributed by atoms with Crippen LogP contribution < -0.4 is 0 Å². The minimum absolute atomic E-state index is 0.0237. The van der Waals surface area contributed by atoms with Crippen molar-refractivity contribution in [2.75, 3.05) is 0 Å². The highest BCUT2D eigenvalue weighted by molar-refractivity contribution is 6.13. The number of aromatic nitrogens is 1. The minimum atomic E-state index is -0.481. The summed E-state index contributed by atoms with van der Waals surface area (Å²) >= 11 is 0. The van der Waals surface area contributed by atoms with Gasteiger partial charge in [-0.1, -0.05) is 78.7 Å². The van der Waals surface area contributed by atoms with Crippen LogP contribution in [-0.4, -0.2) is 4.57 Å². The molecule has 6 aromatic carbocycles. The van der Waals surface area contributed by atoms with E-state index >= 15 is 0 Å². The van der Waals surface area contributed by atoms with Crippen molar-refractivity contribution in [3.63, 3.8) is 0 Å². The molecule has 39 heavy (non-hydrogen) atoms. The summed E-state index contributed by atoms with van der Waals surface area (Å²) in [6.07, 6.45) is 0. The third-order valence-electron chi connectivity index (χ3n) is 7.46. The van der Waals surface area contributed by atoms with Crippen molar-refractivity contribution in [1.29, 1.82) is 0 Å². The van der Waals surface area contributed by atoms with Gasteiger partial charge in [0.25, 0.3) is 0 Å². The van der Waals surface area contributed by atoms with Crippen LogP contribution in [0.3, 0.4) is 0 Å². The number of benzene rings is 6. The molecule has 3 heterocycles. The normalized spacial score (nSPS) is 15.0. The van der Waals surface area contributed by atoms with Gasteiger partial charge in [0.15, 0.2) is 5.58 Å². The van der Waals surface area contributed by atoms with Crippen molar-refractivity contribution in [3.05, 3.63) is 127 Å². The largest absolute Gasteiger partial charge is 0.456 e. The molecule has 0 amide bonds. The quantitative estimate of drug-likeness (QED) is 0.233. The number of furan rings is 2. The topological polar surface area (TPSA) is 31.2 Å². The zero-order chi connectivity index (χ0) is 32.5. The van der Waals surface area contributed by atoms with E-state index in [0.717, 1.165) is 43.8 Å². The third-order valence-corrected chi connectivity index (χ3v) is 7.46. The monoisotopic (exact) mass is 507 g/mol. The Bertz CT molecular complexity index is 2770. The fourth-order valence-corrected chi connectivity index (χ4v) is 5.71. The Morgan fingerprint density at radius 1 is 0.487 bits per heavy atom. The summed E-state index contributed by atoms with van der Waals surface area (Å²) in [6, 6.07) is 22.0. The van der Waals surface area contributed by atoms with E-state index in [1.165, 1.54) is 4.57 Å². The molecule has 0 fully saturated rings. The highest BCUT2D eigenvalue weighted by atomic mass is 16.3. The van der Waals surface area contributed by atoms with E-state index in [1.54, 1.807) is 12.1 Å². The van der Waals surface area contributed by atoms with Crippen molar-refractivity contribution in [2.45, 2.75) is 0 Å². The second-order valence-electron chi connectivity index (χ2n) is 9.56. The number of rotatable bonds is 2. The number of hydrogen-bond acceptors (Lipinski definition) is 2. The lowest BCUT2D eigenvalue weighted by Gasteiger charge is -2.08. The first kappa shape index (κ1) is 14.6. The first-order chi connectivity index (χ1) is 22.7. The summed E-state index contributed by atoms with van der Waals surface area (Å²) in [6.45, 7) is 0. The van der Waals surface area contributed by atoms with Gasteiger partial charge >= 0.3 is 0 Å². The Balaban J connectivity index is 1.35. The lowest BCUT2D eigenvalue weighted by atomic mass is 10.0. The molecule has 0 atom stereocenters. The molecule has 0 saturated heterocycles. The Morgan fingerprint density at radius 2 is 1.08 bits per heavy atom. The molecule has 182 valence electrons. The highest BCUT2D eigenvalue weighted by Gasteiger charge is 2.18. The van der Waals surface area contributed by atoms with E-state index in [0.29, 0.717) is 16.9 Å². The molecular weight excluding hydrogens is 478 g/mol. The maximum atomic E-state index is 8.87. The van der Waals surface area contributed by atoms with E-state index in [2.05, 4.69) is 6.07 Å². The predicted octanol–water partition coefficient (Wildman–Crippen LogP) is 10.2. The van der Waals surface area contributed by atoms with E-state index < -0.39 is 24.2 Å². The molecule has 0 aliphatic rings. The second-order valence-corrected chi connectivity index (χ2v) is 9.56. The maximum absolute atomic E-state index is 8.87. The first-order valence-corrected chi connectivity index (χ1v) is 12.5. The van der Waals surface area contributed by atoms with Crippen LogP contribution in [0, 0.1) is 0 Å². The first-order valence-electron chi connectivity index (χ1n) is 16.5. The maximum Gasteiger partial charge on any atom is 0.159 e. The Labute approximate surface area is 234 Å². The van der Waals surface area contributed by atoms with Crippen molar-refractivity contribution in [2.24, 2.45) is 0 Å². The molecule has 9 rings (SSSR count). The zero-order valence-electron chi connectivity index (χ0n) is 28.3. The number of nitrogens with zero attached hydrogens (tertiary/aromatic N) is 1. The number of hydrogen-bond donors (Lipinski definition) is 0. The lowest BCUT2D eigenvalue weighted by Crippen LogP contribution is -1.93. The Kier molecular flexibility index (Phi) is 2.85. The molecule has 0 N–H and O–H groups in total. The van der Waals surface area contributed by atoms with Crippen LogP contribution in [-0.2, 0) is 0 Å². The van der Waals surface area contributed by atoms with Gasteiger partial charge in [0.05, 0.1) is 27.7 Å². The molecule has 0 unspecified atom stereocenters. The fourth-order valence-electron chi connectivity index (χ4n) is 5.71. The molecule has 0 aliphatic carbocycles. The van der Waals surface area contributed by atoms with Gasteiger partial charge in [0.1, 0.15) is 16.7 Å².